The van der Waals surface area contributed by atoms with Gasteiger partial charge in [0, 0.05) is 4.11 Å². The van der Waals surface area contributed by atoms with Gasteiger partial charge < -0.3 is 29.9 Å². The second-order valence-corrected chi connectivity index (χ2v) is 4.06. The molecule has 1 aromatic carbocycles. The fourth-order valence-electron chi connectivity index (χ4n) is 1.65. The van der Waals surface area contributed by atoms with Crippen LogP contribution in [0, 0.1) is 6.85 Å². The highest BCUT2D eigenvalue weighted by Crippen LogP contribution is 2.26. The third kappa shape index (κ3) is 2.75. The van der Waals surface area contributed by atoms with Crippen molar-refractivity contribution in [2.24, 2.45) is 0 Å². The summed E-state index contributed by atoms with van der Waals surface area (Å²) in [6.07, 6.45) is -10.1. The maximum Gasteiger partial charge on any atom is 0.335 e. The maximum atomic E-state index is 11.1. The molecular weight excluding hydrogens is 268 g/mol. The lowest BCUT2D eigenvalue weighted by Crippen LogP contribution is -2.61. The summed E-state index contributed by atoms with van der Waals surface area (Å²) in [6.45, 7) is -3.05. The summed E-state index contributed by atoms with van der Waals surface area (Å²) in [6, 6.07) is -3.47. The van der Waals surface area contributed by atoms with Crippen LogP contribution in [-0.2, 0) is 9.53 Å². The number of para-hydroxylation sites is 1. The molecule has 1 saturated heterocycles. The second-order valence-electron chi connectivity index (χ2n) is 4.06. The van der Waals surface area contributed by atoms with Gasteiger partial charge in [0.05, 0.1) is 5.48 Å². The molecule has 7 nitrogen and oxygen atoms in total. The van der Waals surface area contributed by atoms with Crippen LogP contribution in [0.25, 0.3) is 0 Å². The fourth-order valence-corrected chi connectivity index (χ4v) is 1.65. The summed E-state index contributed by atoms with van der Waals surface area (Å²) >= 11 is 0. The van der Waals surface area contributed by atoms with E-state index >= 15 is 0 Å². The van der Waals surface area contributed by atoms with Gasteiger partial charge in [0.25, 0.3) is 0 Å². The predicted octanol–water partition coefficient (Wildman–Crippen LogP) is -0.734. The zero-order valence-electron chi connectivity index (χ0n) is 16.9. The van der Waals surface area contributed by atoms with Crippen molar-refractivity contribution in [2.45, 2.75) is 37.6 Å². The molecule has 1 aliphatic heterocycles. The molecule has 1 heterocycles. The number of carbonyl (C=O) groups is 1. The molecular formula is C13H16O7. The molecule has 110 valence electrons. The van der Waals surface area contributed by atoms with E-state index in [9.17, 15) is 20.1 Å². The van der Waals surface area contributed by atoms with Gasteiger partial charge in [-0.25, -0.2) is 4.79 Å². The molecule has 1 aromatic rings. The highest BCUT2D eigenvalue weighted by molar-refractivity contribution is 5.73. The molecule has 5 atom stereocenters. The summed E-state index contributed by atoms with van der Waals surface area (Å²) in [5.74, 6) is -2.59. The Morgan fingerprint density at radius 1 is 1.30 bits per heavy atom. The van der Waals surface area contributed by atoms with E-state index < -0.39 is 79.0 Å². The Balaban J connectivity index is 2.54. The van der Waals surface area contributed by atoms with Crippen molar-refractivity contribution in [3.05, 3.63) is 29.7 Å². The van der Waals surface area contributed by atoms with Gasteiger partial charge >= 0.3 is 5.97 Å². The molecule has 0 bridgehead atoms. The number of hydrogen-bond donors (Lipinski definition) is 4. The van der Waals surface area contributed by atoms with Crippen LogP contribution in [0.4, 0.5) is 0 Å². The summed E-state index contributed by atoms with van der Waals surface area (Å²) in [5, 5.41) is 38.4. The Morgan fingerprint density at radius 2 is 2.00 bits per heavy atom. The average Bonchev–Trinajstić information content (AvgIpc) is 2.56. The van der Waals surface area contributed by atoms with Gasteiger partial charge in [0.1, 0.15) is 24.1 Å². The monoisotopic (exact) mass is 291 g/mol. The molecule has 4 N–H and O–H groups in total. The summed E-state index contributed by atoms with van der Waals surface area (Å²) in [4.78, 5) is 11.1. The van der Waals surface area contributed by atoms with Crippen molar-refractivity contribution in [2.75, 3.05) is 0 Å². The number of hydrogen-bond acceptors (Lipinski definition) is 6. The minimum atomic E-state index is -3.05. The maximum absolute atomic E-state index is 11.1. The standard InChI is InChI=1S/C13H16O7/c1-6-4-2-3-5-7(6)19-13-10(16)8(14)9(15)11(20-13)12(17)18/h2-5,8-11,13-16H,1H3,(H,17,18)/t8-,9-,10-,11?,13+/m1/s1/i1D3,2D,3D,4D,5D. The van der Waals surface area contributed by atoms with Crippen molar-refractivity contribution >= 4 is 5.97 Å². The first-order valence-corrected chi connectivity index (χ1v) is 5.49. The van der Waals surface area contributed by atoms with Crippen LogP contribution in [0.15, 0.2) is 24.2 Å². The minimum Gasteiger partial charge on any atom is -0.479 e. The molecule has 1 fully saturated rings. The second kappa shape index (κ2) is 5.76. The Bertz CT molecular complexity index is 754. The van der Waals surface area contributed by atoms with Gasteiger partial charge in [-0.05, 0) is 18.5 Å². The number of benzene rings is 1. The zero-order valence-corrected chi connectivity index (χ0v) is 9.90. The topological polar surface area (TPSA) is 116 Å². The van der Waals surface area contributed by atoms with Crippen LogP contribution in [0.2, 0.25) is 0 Å². The van der Waals surface area contributed by atoms with Crippen LogP contribution in [0.5, 0.6) is 5.75 Å². The number of ether oxygens (including phenoxy) is 2. The van der Waals surface area contributed by atoms with Crippen molar-refractivity contribution in [1.29, 1.82) is 0 Å². The molecule has 0 amide bonds. The van der Waals surface area contributed by atoms with Crippen molar-refractivity contribution in [3.8, 4) is 5.75 Å². The molecule has 20 heavy (non-hydrogen) atoms. The third-order valence-corrected chi connectivity index (χ3v) is 2.70. The van der Waals surface area contributed by atoms with Crippen LogP contribution in [0.3, 0.4) is 0 Å². The van der Waals surface area contributed by atoms with E-state index in [1.165, 1.54) is 0 Å². The average molecular weight is 291 g/mol. The molecule has 0 aliphatic carbocycles. The number of aliphatic carboxylic acids is 1. The molecule has 0 saturated carbocycles. The van der Waals surface area contributed by atoms with Crippen molar-refractivity contribution < 1.29 is 44.3 Å². The molecule has 0 radical (unpaired) electrons. The largest absolute Gasteiger partial charge is 0.479 e. The van der Waals surface area contributed by atoms with Crippen LogP contribution < -0.4 is 4.74 Å². The zero-order chi connectivity index (χ0) is 20.8. The number of aliphatic hydroxyl groups is 3. The van der Waals surface area contributed by atoms with Gasteiger partial charge in [0.15, 0.2) is 6.10 Å². The van der Waals surface area contributed by atoms with E-state index in [0.717, 1.165) is 0 Å². The molecule has 1 aliphatic rings. The Labute approximate surface area is 124 Å². The van der Waals surface area contributed by atoms with E-state index in [-0.39, 0.29) is 0 Å². The smallest absolute Gasteiger partial charge is 0.335 e. The number of rotatable bonds is 3. The summed E-state index contributed by atoms with van der Waals surface area (Å²) in [5.41, 5.74) is -0.906. The quantitative estimate of drug-likeness (QED) is 0.580. The van der Waals surface area contributed by atoms with E-state index in [0.29, 0.717) is 0 Å². The number of aliphatic hydroxyl groups excluding tert-OH is 3. The fraction of sp³-hybridized carbons (Fsp3) is 0.462. The number of carboxylic acid groups (broad SMARTS) is 1. The van der Waals surface area contributed by atoms with Crippen LogP contribution in [0.1, 0.15) is 15.2 Å². The Morgan fingerprint density at radius 3 is 2.65 bits per heavy atom. The van der Waals surface area contributed by atoms with Crippen molar-refractivity contribution in [1.82, 2.24) is 0 Å². The lowest BCUT2D eigenvalue weighted by atomic mass is 9.99. The van der Waals surface area contributed by atoms with Crippen LogP contribution >= 0.6 is 0 Å². The predicted molar refractivity (Wildman–Crippen MR) is 66.1 cm³/mol. The molecule has 1 unspecified atom stereocenters. The van der Waals surface area contributed by atoms with Gasteiger partial charge in [-0.1, -0.05) is 18.1 Å². The summed E-state index contributed by atoms with van der Waals surface area (Å²) in [7, 11) is 0. The van der Waals surface area contributed by atoms with E-state index in [2.05, 4.69) is 0 Å². The highest BCUT2D eigenvalue weighted by atomic mass is 16.7. The first kappa shape index (κ1) is 7.94. The summed E-state index contributed by atoms with van der Waals surface area (Å²) < 4.78 is 63.2. The first-order valence-electron chi connectivity index (χ1n) is 8.99. The molecule has 7 heteroatoms. The molecule has 2 rings (SSSR count). The minimum absolute atomic E-state index is 0.830. The van der Waals surface area contributed by atoms with Crippen LogP contribution in [-0.4, -0.2) is 57.1 Å². The van der Waals surface area contributed by atoms with Gasteiger partial charge in [-0.15, -0.1) is 0 Å². The van der Waals surface area contributed by atoms with Gasteiger partial charge in [0.2, 0.25) is 6.29 Å². The third-order valence-electron chi connectivity index (χ3n) is 2.70. The van der Waals surface area contributed by atoms with E-state index in [1.807, 2.05) is 0 Å². The highest BCUT2D eigenvalue weighted by Gasteiger charge is 2.48. The molecule has 0 aromatic heterocycles. The SMILES string of the molecule is [2H]c1c([2H])c([2H])c(C([2H])([2H])[2H])c(O[C@H]2OC(C(=O)O)[C@H](O)[C@@H](O)[C@H]2O)c1[2H]. The Kier molecular flexibility index (Phi) is 2.29. The first-order chi connectivity index (χ1) is 12.3. The Hall–Kier alpha value is -1.67. The van der Waals surface area contributed by atoms with Crippen molar-refractivity contribution in [3.63, 3.8) is 0 Å². The lowest BCUT2D eigenvalue weighted by Gasteiger charge is -2.38. The number of carboxylic acids is 1. The van der Waals surface area contributed by atoms with Gasteiger partial charge in [-0.2, -0.15) is 0 Å². The van der Waals surface area contributed by atoms with E-state index in [4.69, 9.17) is 24.2 Å². The van der Waals surface area contributed by atoms with E-state index in [1.54, 1.807) is 0 Å². The molecule has 0 spiro atoms. The normalized spacial score (nSPS) is 39.4. The lowest BCUT2D eigenvalue weighted by molar-refractivity contribution is -0.271. The van der Waals surface area contributed by atoms with Gasteiger partial charge in [-0.3, -0.25) is 0 Å².